The molecular formula is C12H14N+. The molecule has 0 N–H and O–H groups in total. The second-order valence-electron chi connectivity index (χ2n) is 3.40. The molecule has 0 aromatic carbocycles. The van der Waals surface area contributed by atoms with Crippen LogP contribution >= 0.6 is 0 Å². The Morgan fingerprint density at radius 2 is 2.23 bits per heavy atom. The van der Waals surface area contributed by atoms with E-state index in [9.17, 15) is 0 Å². The van der Waals surface area contributed by atoms with Gasteiger partial charge in [0.2, 0.25) is 0 Å². The molecule has 0 unspecified atom stereocenters. The van der Waals surface area contributed by atoms with Crippen LogP contribution in [0.15, 0.2) is 42.8 Å². The maximum atomic E-state index is 2.30. The highest BCUT2D eigenvalue weighted by atomic mass is 14.9. The summed E-state index contributed by atoms with van der Waals surface area (Å²) in [6.07, 6.45) is 13.3. The van der Waals surface area contributed by atoms with E-state index in [1.807, 2.05) is 0 Å². The largest absolute Gasteiger partial charge is 0.207 e. The van der Waals surface area contributed by atoms with Crippen LogP contribution in [0.3, 0.4) is 0 Å². The molecule has 1 aliphatic carbocycles. The van der Waals surface area contributed by atoms with E-state index < -0.39 is 0 Å². The van der Waals surface area contributed by atoms with Crippen molar-refractivity contribution in [1.82, 2.24) is 0 Å². The lowest BCUT2D eigenvalue weighted by Gasteiger charge is -2.04. The van der Waals surface area contributed by atoms with Crippen molar-refractivity contribution in [2.24, 2.45) is 7.05 Å². The Balaban J connectivity index is 2.35. The molecule has 1 aromatic heterocycles. The zero-order chi connectivity index (χ0) is 9.10. The minimum atomic E-state index is 1.17. The Morgan fingerprint density at radius 3 is 2.92 bits per heavy atom. The smallest absolute Gasteiger partial charge is 0.176 e. The van der Waals surface area contributed by atoms with Gasteiger partial charge in [-0.25, -0.2) is 4.57 Å². The molecule has 1 aliphatic rings. The van der Waals surface area contributed by atoms with Crippen molar-refractivity contribution < 1.29 is 4.57 Å². The van der Waals surface area contributed by atoms with Crippen LogP contribution in [-0.4, -0.2) is 0 Å². The second kappa shape index (κ2) is 3.56. The van der Waals surface area contributed by atoms with Gasteiger partial charge in [-0.3, -0.25) is 0 Å². The molecule has 1 heterocycles. The van der Waals surface area contributed by atoms with Gasteiger partial charge in [-0.2, -0.15) is 0 Å². The second-order valence-corrected chi connectivity index (χ2v) is 3.40. The minimum absolute atomic E-state index is 1.17. The first kappa shape index (κ1) is 8.24. The first-order valence-electron chi connectivity index (χ1n) is 4.68. The summed E-state index contributed by atoms with van der Waals surface area (Å²) in [5.41, 5.74) is 2.66. The number of aryl methyl sites for hydroxylation is 1. The van der Waals surface area contributed by atoms with Crippen LogP contribution in [0, 0.1) is 0 Å². The van der Waals surface area contributed by atoms with Crippen LogP contribution in [0.25, 0.3) is 5.57 Å². The van der Waals surface area contributed by atoms with Crippen molar-refractivity contribution in [1.29, 1.82) is 0 Å². The molecule has 0 fully saturated rings. The lowest BCUT2D eigenvalue weighted by molar-refractivity contribution is -0.671. The Bertz CT molecular complexity index is 361. The molecule has 1 aromatic rings. The van der Waals surface area contributed by atoms with E-state index in [4.69, 9.17) is 0 Å². The lowest BCUT2D eigenvalue weighted by atomic mass is 10.0. The molecular weight excluding hydrogens is 158 g/mol. The topological polar surface area (TPSA) is 3.88 Å². The molecule has 0 bridgehead atoms. The summed E-state index contributed by atoms with van der Waals surface area (Å²) in [5.74, 6) is 0. The molecule has 0 saturated heterocycles. The fourth-order valence-corrected chi connectivity index (χ4v) is 1.59. The fraction of sp³-hybridized carbons (Fsp3) is 0.250. The summed E-state index contributed by atoms with van der Waals surface area (Å²) in [6.45, 7) is 0. The first-order valence-corrected chi connectivity index (χ1v) is 4.68. The molecule has 66 valence electrons. The normalized spacial score (nSPS) is 15.6. The third-order valence-electron chi connectivity index (χ3n) is 2.27. The van der Waals surface area contributed by atoms with Gasteiger partial charge in [-0.05, 0) is 24.5 Å². The summed E-state index contributed by atoms with van der Waals surface area (Å²) in [7, 11) is 2.05. The number of allylic oxidation sites excluding steroid dienone is 4. The number of nitrogens with zero attached hydrogens (tertiary/aromatic N) is 1. The van der Waals surface area contributed by atoms with Crippen LogP contribution in [0.2, 0.25) is 0 Å². The van der Waals surface area contributed by atoms with E-state index in [1.165, 1.54) is 24.0 Å². The Hall–Kier alpha value is -1.37. The van der Waals surface area contributed by atoms with Gasteiger partial charge in [0, 0.05) is 11.6 Å². The highest BCUT2D eigenvalue weighted by molar-refractivity contribution is 5.73. The standard InChI is InChI=1S/C12H14N/c1-13-9-5-8-12(10-13)11-6-3-2-4-7-11/h3,5-10H,2,4H2,1H3/q+1. The minimum Gasteiger partial charge on any atom is -0.207 e. The van der Waals surface area contributed by atoms with Crippen LogP contribution in [-0.2, 0) is 7.05 Å². The van der Waals surface area contributed by atoms with E-state index in [-0.39, 0.29) is 0 Å². The van der Waals surface area contributed by atoms with Crippen molar-refractivity contribution in [3.8, 4) is 0 Å². The van der Waals surface area contributed by atoms with Crippen molar-refractivity contribution in [2.75, 3.05) is 0 Å². The highest BCUT2D eigenvalue weighted by Gasteiger charge is 2.03. The number of aromatic nitrogens is 1. The molecule has 2 rings (SSSR count). The van der Waals surface area contributed by atoms with Crippen molar-refractivity contribution >= 4 is 5.57 Å². The number of hydrogen-bond acceptors (Lipinski definition) is 0. The van der Waals surface area contributed by atoms with E-state index in [2.05, 4.69) is 54.4 Å². The molecule has 0 amide bonds. The van der Waals surface area contributed by atoms with Gasteiger partial charge in [-0.15, -0.1) is 0 Å². The van der Waals surface area contributed by atoms with E-state index in [0.29, 0.717) is 0 Å². The summed E-state index contributed by atoms with van der Waals surface area (Å²) in [4.78, 5) is 0. The van der Waals surface area contributed by atoms with Gasteiger partial charge in [-0.1, -0.05) is 18.2 Å². The third kappa shape index (κ3) is 1.86. The van der Waals surface area contributed by atoms with Gasteiger partial charge < -0.3 is 0 Å². The monoisotopic (exact) mass is 172 g/mol. The first-order chi connectivity index (χ1) is 6.36. The summed E-state index contributed by atoms with van der Waals surface area (Å²) in [5, 5.41) is 0. The van der Waals surface area contributed by atoms with Gasteiger partial charge in [0.15, 0.2) is 12.4 Å². The molecule has 1 heteroatoms. The maximum Gasteiger partial charge on any atom is 0.176 e. The summed E-state index contributed by atoms with van der Waals surface area (Å²) >= 11 is 0. The van der Waals surface area contributed by atoms with Crippen molar-refractivity contribution in [2.45, 2.75) is 12.8 Å². The highest BCUT2D eigenvalue weighted by Crippen LogP contribution is 2.19. The van der Waals surface area contributed by atoms with Crippen LogP contribution < -0.4 is 4.57 Å². The molecule has 1 nitrogen and oxygen atoms in total. The zero-order valence-electron chi connectivity index (χ0n) is 7.90. The average Bonchev–Trinajstić information content (AvgIpc) is 2.19. The molecule has 0 radical (unpaired) electrons. The molecule has 0 saturated carbocycles. The van der Waals surface area contributed by atoms with Crippen LogP contribution in [0.5, 0.6) is 0 Å². The lowest BCUT2D eigenvalue weighted by Crippen LogP contribution is -2.26. The van der Waals surface area contributed by atoms with E-state index in [1.54, 1.807) is 0 Å². The van der Waals surface area contributed by atoms with Crippen molar-refractivity contribution in [3.05, 3.63) is 48.3 Å². The Labute approximate surface area is 79.0 Å². The molecule has 0 atom stereocenters. The average molecular weight is 172 g/mol. The van der Waals surface area contributed by atoms with Gasteiger partial charge in [0.25, 0.3) is 0 Å². The molecule has 0 aliphatic heterocycles. The van der Waals surface area contributed by atoms with Gasteiger partial charge >= 0.3 is 0 Å². The zero-order valence-corrected chi connectivity index (χ0v) is 7.90. The predicted octanol–water partition coefficient (Wildman–Crippen LogP) is 2.24. The predicted molar refractivity (Wildman–Crippen MR) is 54.0 cm³/mol. The number of hydrogen-bond donors (Lipinski definition) is 0. The van der Waals surface area contributed by atoms with Gasteiger partial charge in [0.1, 0.15) is 7.05 Å². The van der Waals surface area contributed by atoms with Crippen molar-refractivity contribution in [3.63, 3.8) is 0 Å². The quantitative estimate of drug-likeness (QED) is 0.572. The SMILES string of the molecule is C[n+]1cccc(C2=CCCC=C2)c1. The number of rotatable bonds is 1. The maximum absolute atomic E-state index is 2.30. The van der Waals surface area contributed by atoms with Gasteiger partial charge in [0.05, 0.1) is 0 Å². The summed E-state index contributed by atoms with van der Waals surface area (Å²) in [6, 6.07) is 4.24. The fourth-order valence-electron chi connectivity index (χ4n) is 1.59. The Morgan fingerprint density at radius 1 is 1.31 bits per heavy atom. The van der Waals surface area contributed by atoms with Crippen LogP contribution in [0.4, 0.5) is 0 Å². The Kier molecular flexibility index (Phi) is 2.26. The number of pyridine rings is 1. The van der Waals surface area contributed by atoms with Crippen LogP contribution in [0.1, 0.15) is 18.4 Å². The molecule has 0 spiro atoms. The third-order valence-corrected chi connectivity index (χ3v) is 2.27. The van der Waals surface area contributed by atoms with E-state index >= 15 is 0 Å². The molecule has 13 heavy (non-hydrogen) atoms. The summed E-state index contributed by atoms with van der Waals surface area (Å²) < 4.78 is 2.08. The van der Waals surface area contributed by atoms with E-state index in [0.717, 1.165) is 0 Å².